The number of piperidine rings is 1. The first-order valence-corrected chi connectivity index (χ1v) is 19.1. The molecule has 0 aliphatic carbocycles. The molecule has 0 atom stereocenters. The van der Waals surface area contributed by atoms with Crippen molar-refractivity contribution < 1.29 is 42.4 Å². The van der Waals surface area contributed by atoms with Crippen LogP contribution in [0.25, 0.3) is 11.1 Å². The summed E-state index contributed by atoms with van der Waals surface area (Å²) >= 11 is 12.5. The van der Waals surface area contributed by atoms with Crippen LogP contribution in [0.1, 0.15) is 35.7 Å². The van der Waals surface area contributed by atoms with Gasteiger partial charge in [0.15, 0.2) is 6.79 Å². The highest BCUT2D eigenvalue weighted by molar-refractivity contribution is 6.39. The van der Waals surface area contributed by atoms with Gasteiger partial charge in [0.25, 0.3) is 0 Å². The molecule has 0 bridgehead atoms. The van der Waals surface area contributed by atoms with E-state index in [1.165, 1.54) is 12.1 Å². The molecule has 5 aromatic rings. The molecule has 4 aromatic carbocycles. The zero-order valence-corrected chi connectivity index (χ0v) is 33.3. The van der Waals surface area contributed by atoms with Gasteiger partial charge in [-0.1, -0.05) is 53.5 Å². The number of anilines is 4. The van der Waals surface area contributed by atoms with E-state index in [9.17, 15) is 18.4 Å². The molecular weight excluding hydrogens is 795 g/mol. The maximum atomic E-state index is 12.3. The Morgan fingerprint density at radius 3 is 2.22 bits per heavy atom. The maximum Gasteiger partial charge on any atom is 0.387 e. The number of nitrogens with one attached hydrogen (secondary N) is 2. The number of hydrogen-bond donors (Lipinski definition) is 3. The number of likely N-dealkylation sites (tertiary alicyclic amines) is 1. The number of nitrogens with zero attached hydrogens (tertiary/aromatic N) is 3. The molecule has 1 aliphatic rings. The number of halogens is 4. The summed E-state index contributed by atoms with van der Waals surface area (Å²) in [6, 6.07) is 24.3. The second kappa shape index (κ2) is 21.8. The summed E-state index contributed by atoms with van der Waals surface area (Å²) in [5.74, 6) is -0.159. The number of ether oxygens (including phenoxy) is 4. The van der Waals surface area contributed by atoms with E-state index in [2.05, 4.69) is 30.2 Å². The molecule has 0 radical (unpaired) electrons. The monoisotopic (exact) mass is 837 g/mol. The van der Waals surface area contributed by atoms with E-state index in [0.29, 0.717) is 59.0 Å². The predicted octanol–water partition coefficient (Wildman–Crippen LogP) is 9.86. The van der Waals surface area contributed by atoms with Crippen molar-refractivity contribution in [3.05, 3.63) is 118 Å². The Labute approximate surface area is 345 Å². The van der Waals surface area contributed by atoms with E-state index in [1.807, 2.05) is 44.2 Å². The van der Waals surface area contributed by atoms with E-state index >= 15 is 0 Å². The third kappa shape index (κ3) is 13.0. The number of esters is 1. The van der Waals surface area contributed by atoms with Gasteiger partial charge in [-0.2, -0.15) is 8.78 Å². The predicted molar refractivity (Wildman–Crippen MR) is 219 cm³/mol. The van der Waals surface area contributed by atoms with Crippen LogP contribution in [0.15, 0.2) is 97.3 Å². The van der Waals surface area contributed by atoms with Crippen LogP contribution in [0.5, 0.6) is 11.5 Å². The van der Waals surface area contributed by atoms with Crippen LogP contribution >= 0.6 is 23.2 Å². The minimum absolute atomic E-state index is 0.0877. The fourth-order valence-corrected chi connectivity index (χ4v) is 6.23. The number of carbonyl (C=O) groups is 2. The highest BCUT2D eigenvalue weighted by Crippen LogP contribution is 2.36. The van der Waals surface area contributed by atoms with Crippen molar-refractivity contribution in [3.63, 3.8) is 0 Å². The quantitative estimate of drug-likeness (QED) is 0.0494. The minimum Gasteiger partial charge on any atom is -0.492 e. The van der Waals surface area contributed by atoms with Crippen LogP contribution < -0.4 is 20.1 Å². The van der Waals surface area contributed by atoms with E-state index in [4.69, 9.17) is 42.5 Å². The molecular formula is C42H43Cl2F2N5O7. The molecule has 0 spiro atoms. The normalized spacial score (nSPS) is 12.9. The molecule has 12 nitrogen and oxygen atoms in total. The molecule has 1 aliphatic heterocycles. The molecule has 306 valence electrons. The summed E-state index contributed by atoms with van der Waals surface area (Å²) in [5.41, 5.74) is 4.70. The fourth-order valence-electron chi connectivity index (χ4n) is 5.76. The number of carbonyl (C=O) groups excluding carboxylic acids is 1. The summed E-state index contributed by atoms with van der Waals surface area (Å²) in [6.45, 7) is 4.08. The van der Waals surface area contributed by atoms with Crippen molar-refractivity contribution in [3.8, 4) is 22.6 Å². The average Bonchev–Trinajstić information content (AvgIpc) is 3.22. The summed E-state index contributed by atoms with van der Waals surface area (Å²) in [6.07, 6.45) is 4.66. The second-order valence-electron chi connectivity index (χ2n) is 12.9. The Morgan fingerprint density at radius 1 is 0.897 bits per heavy atom. The number of alkyl halides is 2. The van der Waals surface area contributed by atoms with Crippen LogP contribution in [0, 0.1) is 12.8 Å². The Bertz CT molecular complexity index is 2090. The lowest BCUT2D eigenvalue weighted by molar-refractivity contribution is -0.143. The van der Waals surface area contributed by atoms with Gasteiger partial charge in [0.05, 0.1) is 32.9 Å². The van der Waals surface area contributed by atoms with Crippen LogP contribution in [-0.2, 0) is 14.3 Å². The van der Waals surface area contributed by atoms with E-state index in [0.717, 1.165) is 47.8 Å². The van der Waals surface area contributed by atoms with Crippen LogP contribution in [0.3, 0.4) is 0 Å². The average molecular weight is 839 g/mol. The van der Waals surface area contributed by atoms with Gasteiger partial charge in [0.2, 0.25) is 5.95 Å². The molecule has 2 heterocycles. The Kier molecular flexibility index (Phi) is 16.4. The van der Waals surface area contributed by atoms with Crippen LogP contribution in [0.4, 0.5) is 31.8 Å². The van der Waals surface area contributed by atoms with Crippen molar-refractivity contribution in [2.75, 3.05) is 50.3 Å². The number of benzene rings is 4. The first-order valence-electron chi connectivity index (χ1n) is 18.4. The highest BCUT2D eigenvalue weighted by atomic mass is 35.5. The van der Waals surface area contributed by atoms with Crippen molar-refractivity contribution in [2.45, 2.75) is 33.3 Å². The molecule has 16 heteroatoms. The smallest absolute Gasteiger partial charge is 0.387 e. The van der Waals surface area contributed by atoms with Gasteiger partial charge in [0.1, 0.15) is 18.1 Å². The molecule has 0 saturated carbocycles. The highest BCUT2D eigenvalue weighted by Gasteiger charge is 2.24. The number of aryl methyl sites for hydroxylation is 1. The number of carboxylic acids is 1. The Hall–Kier alpha value is -5.54. The standard InChI is InChI=1S/C25H26F2N4O4.C17H17Cl2NO3/c26-24(27)35-22-5-1-17(2-6-22)19-15-28-25(29-16-19)30-20-3-7-21(8-4-20)34-14-13-31-11-9-18(10-12-31)23(32)33;1-3-22-10-23-17(21)12-6-4-5-7-14(12)20-16-13(18)9-8-11(2)15(16)19/h1-8,15-16,18,24H,9-14H2,(H,32,33)(H,28,29,30);4-9,20H,3,10H2,1-2H3. The largest absolute Gasteiger partial charge is 0.492 e. The molecule has 6 rings (SSSR count). The SMILES string of the molecule is CCOCOC(=O)c1ccccc1Nc1c(Cl)ccc(C)c1Cl.O=C(O)C1CCN(CCOc2ccc(Nc3ncc(-c4ccc(OC(F)F)cc4)cn3)cc2)CC1. The van der Waals surface area contributed by atoms with Gasteiger partial charge in [-0.05, 0) is 106 Å². The van der Waals surface area contributed by atoms with Gasteiger partial charge in [-0.25, -0.2) is 14.8 Å². The third-order valence-corrected chi connectivity index (χ3v) is 9.76. The third-order valence-electron chi connectivity index (χ3n) is 8.96. The summed E-state index contributed by atoms with van der Waals surface area (Å²) in [5, 5.41) is 16.3. The molecule has 58 heavy (non-hydrogen) atoms. The summed E-state index contributed by atoms with van der Waals surface area (Å²) < 4.78 is 44.8. The van der Waals surface area contributed by atoms with Gasteiger partial charge in [-0.15, -0.1) is 0 Å². The van der Waals surface area contributed by atoms with Crippen molar-refractivity contribution in [1.82, 2.24) is 14.9 Å². The first-order chi connectivity index (χ1) is 28.0. The second-order valence-corrected chi connectivity index (χ2v) is 13.7. The molecule has 1 aromatic heterocycles. The van der Waals surface area contributed by atoms with Gasteiger partial charge >= 0.3 is 18.6 Å². The lowest BCUT2D eigenvalue weighted by Crippen LogP contribution is -2.38. The van der Waals surface area contributed by atoms with E-state index < -0.39 is 18.6 Å². The number of rotatable bonds is 16. The fraction of sp³-hybridized carbons (Fsp3) is 0.286. The van der Waals surface area contributed by atoms with Gasteiger partial charge < -0.3 is 34.7 Å². The number of hydrogen-bond acceptors (Lipinski definition) is 11. The van der Waals surface area contributed by atoms with E-state index in [-0.39, 0.29) is 18.5 Å². The lowest BCUT2D eigenvalue weighted by atomic mass is 9.97. The van der Waals surface area contributed by atoms with E-state index in [1.54, 1.807) is 54.9 Å². The van der Waals surface area contributed by atoms with Crippen LogP contribution in [0.2, 0.25) is 10.0 Å². The number of para-hydroxylation sites is 1. The molecule has 1 saturated heterocycles. The Balaban J connectivity index is 0.000000242. The minimum atomic E-state index is -2.86. The molecule has 1 fully saturated rings. The van der Waals surface area contributed by atoms with Crippen molar-refractivity contribution in [2.24, 2.45) is 5.92 Å². The molecule has 0 amide bonds. The zero-order chi connectivity index (χ0) is 41.4. The number of aliphatic carboxylic acids is 1. The summed E-state index contributed by atoms with van der Waals surface area (Å²) in [7, 11) is 0. The molecule has 3 N–H and O–H groups in total. The van der Waals surface area contributed by atoms with Crippen LogP contribution in [-0.4, -0.2) is 78.2 Å². The summed E-state index contributed by atoms with van der Waals surface area (Å²) in [4.78, 5) is 34.0. The molecule has 0 unspecified atom stereocenters. The van der Waals surface area contributed by atoms with Crippen molar-refractivity contribution in [1.29, 1.82) is 0 Å². The zero-order valence-electron chi connectivity index (χ0n) is 31.8. The van der Waals surface area contributed by atoms with Crippen molar-refractivity contribution >= 4 is 58.2 Å². The number of aromatic nitrogens is 2. The lowest BCUT2D eigenvalue weighted by Gasteiger charge is -2.29. The topological polar surface area (TPSA) is 144 Å². The first kappa shape index (κ1) is 43.6. The van der Waals surface area contributed by atoms with Gasteiger partial charge in [0, 0.05) is 36.8 Å². The van der Waals surface area contributed by atoms with Gasteiger partial charge in [-0.3, -0.25) is 9.69 Å². The number of carboxylic acid groups (broad SMARTS) is 1. The maximum absolute atomic E-state index is 12.3. The Morgan fingerprint density at radius 2 is 1.57 bits per heavy atom.